The summed E-state index contributed by atoms with van der Waals surface area (Å²) < 4.78 is 19.6. The molecular formula is C19H20FN3O2. The number of halogens is 1. The van der Waals surface area contributed by atoms with Gasteiger partial charge >= 0.3 is 0 Å². The summed E-state index contributed by atoms with van der Waals surface area (Å²) in [4.78, 5) is 17.8. The number of likely N-dealkylation sites (N-methyl/N-ethyl adjacent to an activating group) is 1. The van der Waals surface area contributed by atoms with Crippen LogP contribution in [-0.2, 0) is 4.79 Å². The minimum Gasteiger partial charge on any atom is -0.453 e. The first-order valence-electron chi connectivity index (χ1n) is 8.16. The van der Waals surface area contributed by atoms with Gasteiger partial charge in [-0.2, -0.15) is 0 Å². The highest BCUT2D eigenvalue weighted by Gasteiger charge is 2.21. The van der Waals surface area contributed by atoms with Crippen molar-refractivity contribution in [3.8, 4) is 11.5 Å². The minimum absolute atomic E-state index is 0.0928. The number of amides is 1. The minimum atomic E-state index is -0.494. The zero-order chi connectivity index (χ0) is 17.6. The van der Waals surface area contributed by atoms with Crippen molar-refractivity contribution in [2.45, 2.75) is 12.5 Å². The van der Waals surface area contributed by atoms with Gasteiger partial charge in [0, 0.05) is 31.9 Å². The molecule has 0 bridgehead atoms. The topological polar surface area (TPSA) is 54.5 Å². The molecule has 1 saturated heterocycles. The maximum atomic E-state index is 14.2. The average molecular weight is 341 g/mol. The van der Waals surface area contributed by atoms with E-state index in [2.05, 4.69) is 10.3 Å². The third-order valence-corrected chi connectivity index (χ3v) is 4.17. The molecule has 3 rings (SSSR count). The molecule has 1 fully saturated rings. The lowest BCUT2D eigenvalue weighted by atomic mass is 10.2. The molecule has 0 spiro atoms. The highest BCUT2D eigenvalue weighted by Crippen LogP contribution is 2.24. The van der Waals surface area contributed by atoms with Gasteiger partial charge in [0.2, 0.25) is 5.91 Å². The van der Waals surface area contributed by atoms with Gasteiger partial charge in [-0.3, -0.25) is 9.78 Å². The summed E-state index contributed by atoms with van der Waals surface area (Å²) in [5.74, 6) is -0.00566. The normalized spacial score (nSPS) is 17.0. The van der Waals surface area contributed by atoms with Crippen molar-refractivity contribution in [1.29, 1.82) is 0 Å². The second-order valence-corrected chi connectivity index (χ2v) is 5.91. The second kappa shape index (κ2) is 7.90. The van der Waals surface area contributed by atoms with Crippen LogP contribution in [-0.4, -0.2) is 42.0 Å². The fraction of sp³-hybridized carbons (Fsp3) is 0.263. The van der Waals surface area contributed by atoms with E-state index in [4.69, 9.17) is 4.74 Å². The van der Waals surface area contributed by atoms with Crippen LogP contribution in [0.2, 0.25) is 0 Å². The summed E-state index contributed by atoms with van der Waals surface area (Å²) in [6.45, 7) is 1.74. The number of hydrogen-bond acceptors (Lipinski definition) is 4. The maximum Gasteiger partial charge on any atom is 0.246 e. The van der Waals surface area contributed by atoms with Crippen molar-refractivity contribution >= 4 is 12.0 Å². The van der Waals surface area contributed by atoms with Crippen LogP contribution in [0.25, 0.3) is 6.08 Å². The summed E-state index contributed by atoms with van der Waals surface area (Å²) in [6.07, 6.45) is 7.16. The molecule has 1 aromatic carbocycles. The van der Waals surface area contributed by atoms with E-state index in [1.165, 1.54) is 24.4 Å². The van der Waals surface area contributed by atoms with Crippen LogP contribution in [0.15, 0.2) is 48.8 Å². The van der Waals surface area contributed by atoms with Gasteiger partial charge in [-0.15, -0.1) is 0 Å². The summed E-state index contributed by atoms with van der Waals surface area (Å²) in [6, 6.07) is 8.21. The van der Waals surface area contributed by atoms with Crippen LogP contribution in [0.4, 0.5) is 4.39 Å². The van der Waals surface area contributed by atoms with E-state index in [1.807, 2.05) is 0 Å². The average Bonchev–Trinajstić information content (AvgIpc) is 3.16. The molecule has 1 atom stereocenters. The van der Waals surface area contributed by atoms with E-state index in [0.717, 1.165) is 19.5 Å². The van der Waals surface area contributed by atoms with Gasteiger partial charge in [-0.1, -0.05) is 6.07 Å². The van der Waals surface area contributed by atoms with Gasteiger partial charge < -0.3 is 15.0 Å². The second-order valence-electron chi connectivity index (χ2n) is 5.91. The standard InChI is InChI=1S/C19H20FN3O2/c1-23(15-8-10-22-12-15)19(24)7-5-14-4-6-18(17(20)11-14)25-16-3-2-9-21-13-16/h2-7,9,11,13,15,22H,8,10,12H2,1H3/b7-5+. The van der Waals surface area contributed by atoms with Crippen molar-refractivity contribution < 1.29 is 13.9 Å². The molecule has 0 aliphatic carbocycles. The Morgan fingerprint density at radius 1 is 1.44 bits per heavy atom. The number of nitrogens with one attached hydrogen (secondary N) is 1. The summed E-state index contributed by atoms with van der Waals surface area (Å²) >= 11 is 0. The number of aromatic nitrogens is 1. The molecule has 2 aromatic rings. The Bertz CT molecular complexity index is 759. The highest BCUT2D eigenvalue weighted by atomic mass is 19.1. The summed E-state index contributed by atoms with van der Waals surface area (Å²) in [5.41, 5.74) is 0.599. The molecule has 1 unspecified atom stereocenters. The fourth-order valence-electron chi connectivity index (χ4n) is 2.67. The number of carbonyl (C=O) groups is 1. The van der Waals surface area contributed by atoms with Gasteiger partial charge in [0.05, 0.1) is 6.20 Å². The molecule has 1 aromatic heterocycles. The molecule has 5 nitrogen and oxygen atoms in total. The van der Waals surface area contributed by atoms with Gasteiger partial charge in [0.15, 0.2) is 11.6 Å². The van der Waals surface area contributed by atoms with Gasteiger partial charge in [0.25, 0.3) is 0 Å². The Kier molecular flexibility index (Phi) is 5.40. The SMILES string of the molecule is CN(C(=O)/C=C/c1ccc(Oc2cccnc2)c(F)c1)C1CCNC1. The lowest BCUT2D eigenvalue weighted by Crippen LogP contribution is -2.37. The largest absolute Gasteiger partial charge is 0.453 e. The predicted molar refractivity (Wildman–Crippen MR) is 93.8 cm³/mol. The predicted octanol–water partition coefficient (Wildman–Crippen LogP) is 2.85. The van der Waals surface area contributed by atoms with Crippen molar-refractivity contribution in [3.63, 3.8) is 0 Å². The molecule has 6 heteroatoms. The number of nitrogens with zero attached hydrogens (tertiary/aromatic N) is 2. The smallest absolute Gasteiger partial charge is 0.246 e. The molecule has 0 radical (unpaired) electrons. The Morgan fingerprint density at radius 2 is 2.32 bits per heavy atom. The first-order valence-corrected chi connectivity index (χ1v) is 8.16. The third kappa shape index (κ3) is 4.42. The molecule has 1 aliphatic rings. The van der Waals surface area contributed by atoms with Gasteiger partial charge in [-0.25, -0.2) is 4.39 Å². The number of carbonyl (C=O) groups excluding carboxylic acids is 1. The lowest BCUT2D eigenvalue weighted by molar-refractivity contribution is -0.126. The van der Waals surface area contributed by atoms with Crippen LogP contribution in [0.1, 0.15) is 12.0 Å². The number of hydrogen-bond donors (Lipinski definition) is 1. The van der Waals surface area contributed by atoms with Crippen molar-refractivity contribution in [1.82, 2.24) is 15.2 Å². The fourth-order valence-corrected chi connectivity index (χ4v) is 2.67. The third-order valence-electron chi connectivity index (χ3n) is 4.17. The van der Waals surface area contributed by atoms with Crippen molar-refractivity contribution in [2.24, 2.45) is 0 Å². The van der Waals surface area contributed by atoms with E-state index < -0.39 is 5.82 Å². The Morgan fingerprint density at radius 3 is 3.00 bits per heavy atom. The molecule has 25 heavy (non-hydrogen) atoms. The van der Waals surface area contributed by atoms with Crippen molar-refractivity contribution in [3.05, 3.63) is 60.2 Å². The molecule has 1 amide bonds. The number of pyridine rings is 1. The number of benzene rings is 1. The first-order chi connectivity index (χ1) is 12.1. The van der Waals surface area contributed by atoms with Crippen LogP contribution >= 0.6 is 0 Å². The molecule has 1 aliphatic heterocycles. The lowest BCUT2D eigenvalue weighted by Gasteiger charge is -2.22. The van der Waals surface area contributed by atoms with Crippen LogP contribution < -0.4 is 10.1 Å². The van der Waals surface area contributed by atoms with E-state index >= 15 is 0 Å². The molecule has 1 N–H and O–H groups in total. The summed E-state index contributed by atoms with van der Waals surface area (Å²) in [7, 11) is 1.79. The van der Waals surface area contributed by atoms with E-state index in [-0.39, 0.29) is 17.7 Å². The molecule has 2 heterocycles. The number of rotatable bonds is 5. The quantitative estimate of drug-likeness (QED) is 0.850. The summed E-state index contributed by atoms with van der Waals surface area (Å²) in [5, 5.41) is 3.23. The molecule has 0 saturated carbocycles. The van der Waals surface area contributed by atoms with Gasteiger partial charge in [-0.05, 0) is 48.9 Å². The zero-order valence-corrected chi connectivity index (χ0v) is 14.0. The van der Waals surface area contributed by atoms with Crippen LogP contribution in [0.5, 0.6) is 11.5 Å². The Hall–Kier alpha value is -2.73. The Labute approximate surface area is 146 Å². The highest BCUT2D eigenvalue weighted by molar-refractivity contribution is 5.91. The molecular weight excluding hydrogens is 321 g/mol. The van der Waals surface area contributed by atoms with Crippen molar-refractivity contribution in [2.75, 3.05) is 20.1 Å². The monoisotopic (exact) mass is 341 g/mol. The maximum absolute atomic E-state index is 14.2. The zero-order valence-electron chi connectivity index (χ0n) is 14.0. The van der Waals surface area contributed by atoms with Crippen LogP contribution in [0, 0.1) is 5.82 Å². The van der Waals surface area contributed by atoms with E-state index in [9.17, 15) is 9.18 Å². The molecule has 130 valence electrons. The van der Waals surface area contributed by atoms with E-state index in [1.54, 1.807) is 42.4 Å². The van der Waals surface area contributed by atoms with Gasteiger partial charge in [0.1, 0.15) is 5.75 Å². The van der Waals surface area contributed by atoms with E-state index in [0.29, 0.717) is 11.3 Å². The van der Waals surface area contributed by atoms with Crippen LogP contribution in [0.3, 0.4) is 0 Å². The Balaban J connectivity index is 1.65. The first kappa shape index (κ1) is 17.1. The number of ether oxygens (including phenoxy) is 1.